The molecular weight excluding hydrogens is 240 g/mol. The summed E-state index contributed by atoms with van der Waals surface area (Å²) in [6.07, 6.45) is 0. The Balaban J connectivity index is 1.95. The Labute approximate surface area is 102 Å². The smallest absolute Gasteiger partial charge is 0.277 e. The highest BCUT2D eigenvalue weighted by molar-refractivity contribution is 7.99. The third-order valence-electron chi connectivity index (χ3n) is 2.02. The van der Waals surface area contributed by atoms with E-state index in [1.165, 1.54) is 23.9 Å². The average Bonchev–Trinajstić information content (AvgIpc) is 2.73. The number of phenols is 1. The monoisotopic (exact) mass is 250 g/mol. The third-order valence-corrected chi connectivity index (χ3v) is 2.84. The summed E-state index contributed by atoms with van der Waals surface area (Å²) in [7, 11) is 0. The normalized spacial score (nSPS) is 10.4. The van der Waals surface area contributed by atoms with Crippen molar-refractivity contribution in [3.8, 4) is 5.75 Å². The highest BCUT2D eigenvalue weighted by atomic mass is 32.2. The van der Waals surface area contributed by atoms with Gasteiger partial charge in [0.15, 0.2) is 5.78 Å². The van der Waals surface area contributed by atoms with Gasteiger partial charge < -0.3 is 9.52 Å². The van der Waals surface area contributed by atoms with Crippen molar-refractivity contribution in [1.29, 1.82) is 0 Å². The Kier molecular flexibility index (Phi) is 3.43. The van der Waals surface area contributed by atoms with Crippen LogP contribution < -0.4 is 0 Å². The predicted molar refractivity (Wildman–Crippen MR) is 62.2 cm³/mol. The molecule has 5 nitrogen and oxygen atoms in total. The Morgan fingerprint density at radius 3 is 2.65 bits per heavy atom. The zero-order chi connectivity index (χ0) is 12.3. The van der Waals surface area contributed by atoms with Crippen molar-refractivity contribution >= 4 is 17.5 Å². The lowest BCUT2D eigenvalue weighted by Crippen LogP contribution is -2.01. The summed E-state index contributed by atoms with van der Waals surface area (Å²) in [5.74, 6) is 0.795. The van der Waals surface area contributed by atoms with Gasteiger partial charge in [-0.2, -0.15) is 0 Å². The van der Waals surface area contributed by atoms with Crippen molar-refractivity contribution < 1.29 is 14.3 Å². The van der Waals surface area contributed by atoms with E-state index in [0.717, 1.165) is 0 Å². The molecular formula is C11H10N2O3S. The van der Waals surface area contributed by atoms with Crippen molar-refractivity contribution in [1.82, 2.24) is 10.2 Å². The van der Waals surface area contributed by atoms with Gasteiger partial charge in [0.25, 0.3) is 5.22 Å². The number of benzene rings is 1. The Morgan fingerprint density at radius 2 is 2.06 bits per heavy atom. The van der Waals surface area contributed by atoms with Crippen LogP contribution >= 0.6 is 11.8 Å². The molecule has 0 saturated heterocycles. The van der Waals surface area contributed by atoms with Crippen LogP contribution in [-0.2, 0) is 0 Å². The Bertz CT molecular complexity index is 522. The van der Waals surface area contributed by atoms with E-state index in [2.05, 4.69) is 10.2 Å². The van der Waals surface area contributed by atoms with Crippen LogP contribution in [0.2, 0.25) is 0 Å². The second-order valence-corrected chi connectivity index (χ2v) is 4.27. The number of thioether (sulfide) groups is 1. The van der Waals surface area contributed by atoms with E-state index in [1.54, 1.807) is 19.1 Å². The molecule has 0 spiro atoms. The molecule has 0 fully saturated rings. The van der Waals surface area contributed by atoms with E-state index in [4.69, 9.17) is 9.52 Å². The maximum Gasteiger partial charge on any atom is 0.277 e. The highest BCUT2D eigenvalue weighted by Crippen LogP contribution is 2.18. The molecule has 0 saturated carbocycles. The van der Waals surface area contributed by atoms with E-state index in [9.17, 15) is 4.79 Å². The summed E-state index contributed by atoms with van der Waals surface area (Å²) in [5.41, 5.74) is 0.548. The minimum absolute atomic E-state index is 0.0501. The summed E-state index contributed by atoms with van der Waals surface area (Å²) in [6.45, 7) is 1.69. The number of phenolic OH excluding ortho intramolecular Hbond substituents is 1. The van der Waals surface area contributed by atoms with Crippen LogP contribution in [0.3, 0.4) is 0 Å². The summed E-state index contributed by atoms with van der Waals surface area (Å²) >= 11 is 1.20. The summed E-state index contributed by atoms with van der Waals surface area (Å²) in [5, 5.41) is 16.9. The fourth-order valence-corrected chi connectivity index (χ4v) is 1.89. The van der Waals surface area contributed by atoms with Gasteiger partial charge in [-0.1, -0.05) is 11.8 Å². The molecule has 0 bridgehead atoms. The molecule has 0 radical (unpaired) electrons. The number of aromatic nitrogens is 2. The number of aromatic hydroxyl groups is 1. The van der Waals surface area contributed by atoms with E-state index in [-0.39, 0.29) is 17.3 Å². The second kappa shape index (κ2) is 5.01. The number of hydrogen-bond donors (Lipinski definition) is 1. The maximum atomic E-state index is 11.7. The Morgan fingerprint density at radius 1 is 1.35 bits per heavy atom. The largest absolute Gasteiger partial charge is 0.508 e. The maximum absolute atomic E-state index is 11.7. The first kappa shape index (κ1) is 11.7. The third kappa shape index (κ3) is 3.07. The standard InChI is InChI=1S/C11H10N2O3S/c1-7-12-13-11(16-7)17-6-10(15)8-2-4-9(14)5-3-8/h2-5,14H,6H2,1H3. The van der Waals surface area contributed by atoms with Gasteiger partial charge in [-0.15, -0.1) is 10.2 Å². The van der Waals surface area contributed by atoms with Gasteiger partial charge in [0.2, 0.25) is 5.89 Å². The van der Waals surface area contributed by atoms with Gasteiger partial charge in [-0.05, 0) is 24.3 Å². The second-order valence-electron chi connectivity index (χ2n) is 3.35. The Hall–Kier alpha value is -1.82. The first-order valence-electron chi connectivity index (χ1n) is 4.90. The topological polar surface area (TPSA) is 76.2 Å². The minimum Gasteiger partial charge on any atom is -0.508 e. The molecule has 88 valence electrons. The minimum atomic E-state index is -0.0501. The number of carbonyl (C=O) groups excluding carboxylic acids is 1. The van der Waals surface area contributed by atoms with Crippen LogP contribution in [0.25, 0.3) is 0 Å². The van der Waals surface area contributed by atoms with Crippen LogP contribution in [0.15, 0.2) is 33.9 Å². The number of rotatable bonds is 4. The fourth-order valence-electron chi connectivity index (χ4n) is 1.19. The molecule has 1 aromatic heterocycles. The van der Waals surface area contributed by atoms with Gasteiger partial charge in [0.05, 0.1) is 5.75 Å². The number of Topliss-reactive ketones (excluding diaryl/α,β-unsaturated/α-hetero) is 1. The molecule has 1 N–H and O–H groups in total. The molecule has 6 heteroatoms. The number of ketones is 1. The van der Waals surface area contributed by atoms with Crippen LogP contribution in [0.5, 0.6) is 5.75 Å². The molecule has 0 atom stereocenters. The summed E-state index contributed by atoms with van der Waals surface area (Å²) in [4.78, 5) is 11.7. The van der Waals surface area contributed by atoms with Crippen molar-refractivity contribution in [2.75, 3.05) is 5.75 Å². The molecule has 2 rings (SSSR count). The van der Waals surface area contributed by atoms with Crippen molar-refractivity contribution in [2.24, 2.45) is 0 Å². The predicted octanol–water partition coefficient (Wildman–Crippen LogP) is 2.06. The van der Waals surface area contributed by atoms with Crippen molar-refractivity contribution in [3.63, 3.8) is 0 Å². The van der Waals surface area contributed by atoms with Crippen molar-refractivity contribution in [2.45, 2.75) is 12.1 Å². The van der Waals surface area contributed by atoms with E-state index < -0.39 is 0 Å². The lowest BCUT2D eigenvalue weighted by Gasteiger charge is -1.98. The van der Waals surface area contributed by atoms with E-state index in [1.807, 2.05) is 0 Å². The van der Waals surface area contributed by atoms with E-state index in [0.29, 0.717) is 16.7 Å². The molecule has 0 aliphatic rings. The van der Waals surface area contributed by atoms with Crippen LogP contribution in [0, 0.1) is 6.92 Å². The fraction of sp³-hybridized carbons (Fsp3) is 0.182. The van der Waals surface area contributed by atoms with Crippen molar-refractivity contribution in [3.05, 3.63) is 35.7 Å². The van der Waals surface area contributed by atoms with Gasteiger partial charge in [0, 0.05) is 12.5 Å². The molecule has 2 aromatic rings. The molecule has 0 aliphatic carbocycles. The first-order chi connectivity index (χ1) is 8.15. The zero-order valence-electron chi connectivity index (χ0n) is 9.08. The average molecular weight is 250 g/mol. The van der Waals surface area contributed by atoms with Crippen LogP contribution in [0.1, 0.15) is 16.2 Å². The van der Waals surface area contributed by atoms with E-state index >= 15 is 0 Å². The van der Waals surface area contributed by atoms with Crippen LogP contribution in [0.4, 0.5) is 0 Å². The van der Waals surface area contributed by atoms with Gasteiger partial charge in [-0.3, -0.25) is 4.79 Å². The summed E-state index contributed by atoms with van der Waals surface area (Å²) < 4.78 is 5.14. The number of hydrogen-bond acceptors (Lipinski definition) is 6. The summed E-state index contributed by atoms with van der Waals surface area (Å²) in [6, 6.07) is 6.12. The lowest BCUT2D eigenvalue weighted by atomic mass is 10.1. The number of aryl methyl sites for hydroxylation is 1. The molecule has 1 heterocycles. The lowest BCUT2D eigenvalue weighted by molar-refractivity contribution is 0.102. The van der Waals surface area contributed by atoms with Gasteiger partial charge >= 0.3 is 0 Å². The molecule has 0 unspecified atom stereocenters. The van der Waals surface area contributed by atoms with Gasteiger partial charge in [-0.25, -0.2) is 0 Å². The van der Waals surface area contributed by atoms with Crippen LogP contribution in [-0.4, -0.2) is 26.8 Å². The molecule has 0 amide bonds. The SMILES string of the molecule is Cc1nnc(SCC(=O)c2ccc(O)cc2)o1. The highest BCUT2D eigenvalue weighted by Gasteiger charge is 2.09. The first-order valence-corrected chi connectivity index (χ1v) is 5.89. The zero-order valence-corrected chi connectivity index (χ0v) is 9.90. The molecule has 0 aliphatic heterocycles. The molecule has 17 heavy (non-hydrogen) atoms. The number of carbonyl (C=O) groups is 1. The number of nitrogens with zero attached hydrogens (tertiary/aromatic N) is 2. The molecule has 1 aromatic carbocycles. The quantitative estimate of drug-likeness (QED) is 0.661. The van der Waals surface area contributed by atoms with Gasteiger partial charge in [0.1, 0.15) is 5.75 Å².